The average Bonchev–Trinajstić information content (AvgIpc) is 2.26. The van der Waals surface area contributed by atoms with E-state index in [-0.39, 0.29) is 5.82 Å². The van der Waals surface area contributed by atoms with E-state index in [0.717, 1.165) is 30.0 Å². The van der Waals surface area contributed by atoms with Crippen molar-refractivity contribution in [1.82, 2.24) is 0 Å². The molecule has 0 aromatic heterocycles. The number of fused-ring (bicyclic) bond motifs is 1. The minimum Gasteiger partial charge on any atom is -0.207 e. The van der Waals surface area contributed by atoms with E-state index in [1.54, 1.807) is 6.07 Å². The van der Waals surface area contributed by atoms with Gasteiger partial charge in [0.1, 0.15) is 5.82 Å². The van der Waals surface area contributed by atoms with Crippen molar-refractivity contribution >= 4 is 10.8 Å². The van der Waals surface area contributed by atoms with Crippen LogP contribution >= 0.6 is 0 Å². The Hall–Kier alpha value is -1.37. The van der Waals surface area contributed by atoms with Gasteiger partial charge in [-0.2, -0.15) is 0 Å². The van der Waals surface area contributed by atoms with Gasteiger partial charge in [0.15, 0.2) is 0 Å². The van der Waals surface area contributed by atoms with Crippen LogP contribution in [0.4, 0.5) is 4.39 Å². The lowest BCUT2D eigenvalue weighted by atomic mass is 10.0. The van der Waals surface area contributed by atoms with Crippen LogP contribution in [0.2, 0.25) is 0 Å². The molecule has 0 saturated heterocycles. The highest BCUT2D eigenvalue weighted by Gasteiger charge is 1.98. The number of benzene rings is 2. The normalized spacial score (nSPS) is 10.8. The highest BCUT2D eigenvalue weighted by Crippen LogP contribution is 2.18. The third-order valence-corrected chi connectivity index (χ3v) is 2.58. The summed E-state index contributed by atoms with van der Waals surface area (Å²) >= 11 is 0. The molecule has 0 nitrogen and oxygen atoms in total. The van der Waals surface area contributed by atoms with Crippen molar-refractivity contribution in [2.24, 2.45) is 0 Å². The highest BCUT2D eigenvalue weighted by atomic mass is 19.1. The molecule has 1 heteroatoms. The molecular weight excluding hydrogens is 187 g/mol. The van der Waals surface area contributed by atoms with E-state index in [2.05, 4.69) is 19.1 Å². The van der Waals surface area contributed by atoms with Crippen LogP contribution in [-0.4, -0.2) is 0 Å². The molecule has 1 radical (unpaired) electrons. The van der Waals surface area contributed by atoms with E-state index >= 15 is 0 Å². The van der Waals surface area contributed by atoms with E-state index in [9.17, 15) is 4.39 Å². The van der Waals surface area contributed by atoms with Crippen LogP contribution < -0.4 is 0 Å². The van der Waals surface area contributed by atoms with Crippen LogP contribution in [0.1, 0.15) is 18.4 Å². The summed E-state index contributed by atoms with van der Waals surface area (Å²) in [4.78, 5) is 0. The van der Waals surface area contributed by atoms with Gasteiger partial charge in [-0.1, -0.05) is 37.6 Å². The molecule has 2 aromatic carbocycles. The smallest absolute Gasteiger partial charge is 0.123 e. The number of halogens is 1. The van der Waals surface area contributed by atoms with Crippen LogP contribution in [-0.2, 0) is 6.42 Å². The minimum atomic E-state index is -0.173. The second kappa shape index (κ2) is 4.43. The molecule has 0 N–H and O–H groups in total. The summed E-state index contributed by atoms with van der Waals surface area (Å²) in [5.41, 5.74) is 1.30. The fourth-order valence-electron chi connectivity index (χ4n) is 1.75. The summed E-state index contributed by atoms with van der Waals surface area (Å²) in [5.74, 6) is -0.173. The summed E-state index contributed by atoms with van der Waals surface area (Å²) in [6, 6.07) is 11.1. The molecule has 0 saturated carbocycles. The third-order valence-electron chi connectivity index (χ3n) is 2.58. The Balaban J connectivity index is 2.34. The second-order valence-corrected chi connectivity index (χ2v) is 3.78. The van der Waals surface area contributed by atoms with Crippen LogP contribution in [0.3, 0.4) is 0 Å². The number of rotatable bonds is 3. The Morgan fingerprint density at radius 1 is 1.00 bits per heavy atom. The Bertz CT molecular complexity index is 460. The Labute approximate surface area is 89.7 Å². The highest BCUT2D eigenvalue weighted by molar-refractivity contribution is 5.83. The summed E-state index contributed by atoms with van der Waals surface area (Å²) in [6.45, 7) is 3.83. The molecule has 0 aliphatic heterocycles. The summed E-state index contributed by atoms with van der Waals surface area (Å²) in [6.07, 6.45) is 3.12. The lowest BCUT2D eigenvalue weighted by Gasteiger charge is -2.03. The third kappa shape index (κ3) is 2.35. The molecule has 2 rings (SSSR count). The average molecular weight is 201 g/mol. The van der Waals surface area contributed by atoms with E-state index in [1.807, 2.05) is 12.1 Å². The number of unbranched alkanes of at least 4 members (excludes halogenated alkanes) is 1. The first-order valence-corrected chi connectivity index (χ1v) is 5.27. The van der Waals surface area contributed by atoms with Gasteiger partial charge in [-0.25, -0.2) is 4.39 Å². The zero-order chi connectivity index (χ0) is 10.7. The first kappa shape index (κ1) is 10.2. The van der Waals surface area contributed by atoms with Gasteiger partial charge in [0, 0.05) is 0 Å². The van der Waals surface area contributed by atoms with Crippen molar-refractivity contribution in [2.75, 3.05) is 0 Å². The lowest BCUT2D eigenvalue weighted by Crippen LogP contribution is -1.85. The second-order valence-electron chi connectivity index (χ2n) is 3.78. The standard InChI is InChI=1S/C14H14F/c1-2-3-4-11-5-6-13-10-14(15)8-7-12(13)9-11/h5-10H,1-4H2. The van der Waals surface area contributed by atoms with Crippen LogP contribution in [0, 0.1) is 12.7 Å². The maximum atomic E-state index is 12.9. The predicted molar refractivity (Wildman–Crippen MR) is 62.2 cm³/mol. The van der Waals surface area contributed by atoms with Crippen LogP contribution in [0.5, 0.6) is 0 Å². The van der Waals surface area contributed by atoms with E-state index in [0.29, 0.717) is 0 Å². The van der Waals surface area contributed by atoms with E-state index < -0.39 is 0 Å². The van der Waals surface area contributed by atoms with Gasteiger partial charge in [0.2, 0.25) is 0 Å². The largest absolute Gasteiger partial charge is 0.207 e. The van der Waals surface area contributed by atoms with Crippen molar-refractivity contribution in [3.05, 3.63) is 54.7 Å². The Kier molecular flexibility index (Phi) is 3.00. The van der Waals surface area contributed by atoms with Gasteiger partial charge in [0.25, 0.3) is 0 Å². The van der Waals surface area contributed by atoms with Crippen molar-refractivity contribution in [1.29, 1.82) is 0 Å². The number of aryl methyl sites for hydroxylation is 1. The Morgan fingerprint density at radius 2 is 1.73 bits per heavy atom. The molecule has 0 fully saturated rings. The van der Waals surface area contributed by atoms with E-state index in [4.69, 9.17) is 0 Å². The van der Waals surface area contributed by atoms with Gasteiger partial charge >= 0.3 is 0 Å². The molecule has 2 aromatic rings. The maximum absolute atomic E-state index is 12.9. The quantitative estimate of drug-likeness (QED) is 0.700. The molecule has 0 bridgehead atoms. The number of hydrogen-bond donors (Lipinski definition) is 0. The predicted octanol–water partition coefficient (Wildman–Crippen LogP) is 4.14. The monoisotopic (exact) mass is 201 g/mol. The molecule has 0 atom stereocenters. The lowest BCUT2D eigenvalue weighted by molar-refractivity contribution is 0.630. The summed E-state index contributed by atoms with van der Waals surface area (Å²) in [7, 11) is 0. The topological polar surface area (TPSA) is 0 Å². The van der Waals surface area contributed by atoms with E-state index in [1.165, 1.54) is 11.6 Å². The molecule has 0 unspecified atom stereocenters. The molecule has 0 aliphatic carbocycles. The molecule has 0 amide bonds. The fourth-order valence-corrected chi connectivity index (χ4v) is 1.75. The van der Waals surface area contributed by atoms with Gasteiger partial charge < -0.3 is 0 Å². The summed E-state index contributed by atoms with van der Waals surface area (Å²) < 4.78 is 12.9. The number of hydrogen-bond acceptors (Lipinski definition) is 0. The van der Waals surface area contributed by atoms with Crippen molar-refractivity contribution in [3.63, 3.8) is 0 Å². The van der Waals surface area contributed by atoms with Crippen molar-refractivity contribution in [3.8, 4) is 0 Å². The van der Waals surface area contributed by atoms with Gasteiger partial charge in [-0.3, -0.25) is 0 Å². The maximum Gasteiger partial charge on any atom is 0.123 e. The Morgan fingerprint density at radius 3 is 2.53 bits per heavy atom. The first-order valence-electron chi connectivity index (χ1n) is 5.27. The molecule has 0 heterocycles. The van der Waals surface area contributed by atoms with Gasteiger partial charge in [-0.15, -0.1) is 0 Å². The molecule has 77 valence electrons. The molecular formula is C14H14F. The molecule has 0 spiro atoms. The van der Waals surface area contributed by atoms with Gasteiger partial charge in [0.05, 0.1) is 0 Å². The molecule has 15 heavy (non-hydrogen) atoms. The zero-order valence-corrected chi connectivity index (χ0v) is 8.67. The first-order chi connectivity index (χ1) is 7.29. The fraction of sp³-hybridized carbons (Fsp3) is 0.214. The SMILES string of the molecule is [CH2]CCCc1ccc2cc(F)ccc2c1. The van der Waals surface area contributed by atoms with Crippen molar-refractivity contribution < 1.29 is 4.39 Å². The van der Waals surface area contributed by atoms with Crippen LogP contribution in [0.15, 0.2) is 36.4 Å². The minimum absolute atomic E-state index is 0.173. The zero-order valence-electron chi connectivity index (χ0n) is 8.67. The van der Waals surface area contributed by atoms with Crippen molar-refractivity contribution in [2.45, 2.75) is 19.3 Å². The van der Waals surface area contributed by atoms with Gasteiger partial charge in [-0.05, 0) is 41.3 Å². The summed E-state index contributed by atoms with van der Waals surface area (Å²) in [5, 5.41) is 2.08. The molecule has 0 aliphatic rings. The van der Waals surface area contributed by atoms with Crippen LogP contribution in [0.25, 0.3) is 10.8 Å².